The van der Waals surface area contributed by atoms with Crippen LogP contribution >= 0.6 is 15.9 Å². The summed E-state index contributed by atoms with van der Waals surface area (Å²) in [6, 6.07) is 8.86. The highest BCUT2D eigenvalue weighted by molar-refractivity contribution is 9.10. The van der Waals surface area contributed by atoms with Crippen LogP contribution in [0, 0.1) is 0 Å². The lowest BCUT2D eigenvalue weighted by Crippen LogP contribution is -2.14. The quantitative estimate of drug-likeness (QED) is 0.920. The first-order valence-electron chi connectivity index (χ1n) is 6.82. The molecule has 0 spiro atoms. The first-order chi connectivity index (χ1) is 9.66. The topological polar surface area (TPSA) is 28.2 Å². The van der Waals surface area contributed by atoms with Crippen molar-refractivity contribution in [2.45, 2.75) is 18.9 Å². The van der Waals surface area contributed by atoms with Crippen molar-refractivity contribution in [1.82, 2.24) is 4.98 Å². The van der Waals surface area contributed by atoms with Crippen LogP contribution in [0.1, 0.15) is 23.6 Å². The van der Waals surface area contributed by atoms with Gasteiger partial charge in [0.2, 0.25) is 0 Å². The van der Waals surface area contributed by atoms with Crippen molar-refractivity contribution in [3.63, 3.8) is 0 Å². The van der Waals surface area contributed by atoms with E-state index in [1.165, 1.54) is 21.3 Å². The Morgan fingerprint density at radius 1 is 1.30 bits per heavy atom. The van der Waals surface area contributed by atoms with Gasteiger partial charge in [0.1, 0.15) is 0 Å². The van der Waals surface area contributed by atoms with E-state index in [-0.39, 0.29) is 0 Å². The van der Waals surface area contributed by atoms with E-state index >= 15 is 0 Å². The van der Waals surface area contributed by atoms with Crippen molar-refractivity contribution in [3.8, 4) is 0 Å². The van der Waals surface area contributed by atoms with Gasteiger partial charge in [-0.05, 0) is 36.1 Å². The minimum absolute atomic E-state index is 0.366. The second-order valence-electron chi connectivity index (χ2n) is 5.33. The van der Waals surface area contributed by atoms with E-state index in [1.807, 2.05) is 18.5 Å². The van der Waals surface area contributed by atoms with E-state index < -0.39 is 0 Å². The number of nitrogens with zero attached hydrogens (tertiary/aromatic N) is 2. The Hall–Kier alpha value is -1.55. The Kier molecular flexibility index (Phi) is 3.66. The Bertz CT molecular complexity index is 625. The molecule has 0 bridgehead atoms. The van der Waals surface area contributed by atoms with Crippen molar-refractivity contribution < 1.29 is 0 Å². The Morgan fingerprint density at radius 3 is 2.95 bits per heavy atom. The first-order valence-corrected chi connectivity index (χ1v) is 7.61. The van der Waals surface area contributed by atoms with Gasteiger partial charge in [-0.1, -0.05) is 28.1 Å². The second kappa shape index (κ2) is 5.44. The average Bonchev–Trinajstić information content (AvgIpc) is 2.84. The molecule has 1 heterocycles. The maximum absolute atomic E-state index is 4.24. The Morgan fingerprint density at radius 2 is 2.15 bits per heavy atom. The van der Waals surface area contributed by atoms with Gasteiger partial charge in [-0.2, -0.15) is 0 Å². The lowest BCUT2D eigenvalue weighted by molar-refractivity contribution is 0.760. The van der Waals surface area contributed by atoms with Gasteiger partial charge in [0.25, 0.3) is 0 Å². The minimum Gasteiger partial charge on any atom is -0.376 e. The molecule has 1 N–H and O–H groups in total. The summed E-state index contributed by atoms with van der Waals surface area (Å²) >= 11 is 3.65. The fraction of sp³-hybridized carbons (Fsp3) is 0.312. The van der Waals surface area contributed by atoms with Crippen molar-refractivity contribution in [2.75, 3.05) is 24.3 Å². The molecular formula is C16H18BrN3. The molecule has 0 saturated carbocycles. The molecule has 3 rings (SSSR count). The van der Waals surface area contributed by atoms with Gasteiger partial charge in [-0.3, -0.25) is 4.98 Å². The summed E-state index contributed by atoms with van der Waals surface area (Å²) in [4.78, 5) is 6.36. The maximum atomic E-state index is 4.24. The van der Waals surface area contributed by atoms with E-state index in [2.05, 4.69) is 63.4 Å². The normalized spacial score (nSPS) is 16.9. The van der Waals surface area contributed by atoms with Gasteiger partial charge in [-0.15, -0.1) is 0 Å². The number of fused-ring (bicyclic) bond motifs is 1. The smallest absolute Gasteiger partial charge is 0.0769 e. The molecule has 1 aromatic heterocycles. The molecule has 1 unspecified atom stereocenters. The molecular weight excluding hydrogens is 314 g/mol. The molecule has 0 amide bonds. The van der Waals surface area contributed by atoms with Gasteiger partial charge >= 0.3 is 0 Å². The standard InChI is InChI=1S/C16H18BrN3/c1-20(2)16-8-9-18-10-15(16)19-14-7-6-11-12(14)4-3-5-13(11)17/h3-5,8-10,14,19H,6-7H2,1-2H3. The predicted octanol–water partition coefficient (Wildman–Crippen LogP) is 4.01. The van der Waals surface area contributed by atoms with Crippen LogP contribution < -0.4 is 10.2 Å². The van der Waals surface area contributed by atoms with Gasteiger partial charge < -0.3 is 10.2 Å². The van der Waals surface area contributed by atoms with Crippen molar-refractivity contribution in [2.24, 2.45) is 0 Å². The Balaban J connectivity index is 1.90. The molecule has 104 valence electrons. The first kappa shape index (κ1) is 13.4. The monoisotopic (exact) mass is 331 g/mol. The van der Waals surface area contributed by atoms with E-state index in [0.29, 0.717) is 6.04 Å². The van der Waals surface area contributed by atoms with Crippen LogP contribution in [0.25, 0.3) is 0 Å². The summed E-state index contributed by atoms with van der Waals surface area (Å²) in [6.07, 6.45) is 5.98. The van der Waals surface area contributed by atoms with Crippen LogP contribution in [-0.4, -0.2) is 19.1 Å². The molecule has 2 aromatic rings. The fourth-order valence-electron chi connectivity index (χ4n) is 2.84. The molecule has 20 heavy (non-hydrogen) atoms. The van der Waals surface area contributed by atoms with E-state index in [1.54, 1.807) is 0 Å². The molecule has 0 aliphatic heterocycles. The third-order valence-corrected chi connectivity index (χ3v) is 4.57. The van der Waals surface area contributed by atoms with E-state index in [4.69, 9.17) is 0 Å². The SMILES string of the molecule is CN(C)c1ccncc1NC1CCc2c(Br)cccc21. The maximum Gasteiger partial charge on any atom is 0.0769 e. The fourth-order valence-corrected chi connectivity index (χ4v) is 3.42. The Labute approximate surface area is 128 Å². The highest BCUT2D eigenvalue weighted by atomic mass is 79.9. The molecule has 0 radical (unpaired) electrons. The van der Waals surface area contributed by atoms with Gasteiger partial charge in [0, 0.05) is 24.8 Å². The van der Waals surface area contributed by atoms with Gasteiger partial charge in [-0.25, -0.2) is 0 Å². The number of hydrogen-bond acceptors (Lipinski definition) is 3. The third-order valence-electron chi connectivity index (χ3n) is 3.82. The largest absolute Gasteiger partial charge is 0.376 e. The van der Waals surface area contributed by atoms with E-state index in [0.717, 1.165) is 18.5 Å². The number of pyridine rings is 1. The van der Waals surface area contributed by atoms with Crippen LogP contribution in [0.3, 0.4) is 0 Å². The summed E-state index contributed by atoms with van der Waals surface area (Å²) in [7, 11) is 4.11. The molecule has 1 atom stereocenters. The summed E-state index contributed by atoms with van der Waals surface area (Å²) in [6.45, 7) is 0. The molecule has 4 heteroatoms. The van der Waals surface area contributed by atoms with E-state index in [9.17, 15) is 0 Å². The molecule has 0 fully saturated rings. The number of nitrogens with one attached hydrogen (secondary N) is 1. The minimum atomic E-state index is 0.366. The summed E-state index contributed by atoms with van der Waals surface area (Å²) in [5.74, 6) is 0. The zero-order chi connectivity index (χ0) is 14.1. The van der Waals surface area contributed by atoms with Crippen LogP contribution in [-0.2, 0) is 6.42 Å². The lowest BCUT2D eigenvalue weighted by Gasteiger charge is -2.21. The zero-order valence-electron chi connectivity index (χ0n) is 11.7. The number of hydrogen-bond donors (Lipinski definition) is 1. The summed E-state index contributed by atoms with van der Waals surface area (Å²) in [5.41, 5.74) is 5.09. The van der Waals surface area contributed by atoms with Crippen LogP contribution in [0.5, 0.6) is 0 Å². The molecule has 0 saturated heterocycles. The molecule has 1 aliphatic rings. The third kappa shape index (κ3) is 2.40. The number of halogens is 1. The van der Waals surface area contributed by atoms with Crippen LogP contribution in [0.2, 0.25) is 0 Å². The highest BCUT2D eigenvalue weighted by Crippen LogP contribution is 2.38. The van der Waals surface area contributed by atoms with Gasteiger partial charge in [0.05, 0.1) is 23.6 Å². The second-order valence-corrected chi connectivity index (χ2v) is 6.18. The number of benzene rings is 1. The number of rotatable bonds is 3. The van der Waals surface area contributed by atoms with Gasteiger partial charge in [0.15, 0.2) is 0 Å². The van der Waals surface area contributed by atoms with Crippen molar-refractivity contribution in [3.05, 3.63) is 52.3 Å². The molecule has 3 nitrogen and oxygen atoms in total. The lowest BCUT2D eigenvalue weighted by atomic mass is 10.1. The number of aromatic nitrogens is 1. The average molecular weight is 332 g/mol. The molecule has 1 aliphatic carbocycles. The van der Waals surface area contributed by atoms with Crippen LogP contribution in [0.4, 0.5) is 11.4 Å². The zero-order valence-corrected chi connectivity index (χ0v) is 13.3. The van der Waals surface area contributed by atoms with Crippen molar-refractivity contribution in [1.29, 1.82) is 0 Å². The summed E-state index contributed by atoms with van der Waals surface area (Å²) in [5, 5.41) is 3.65. The molecule has 1 aromatic carbocycles. The summed E-state index contributed by atoms with van der Waals surface area (Å²) < 4.78 is 1.22. The highest BCUT2D eigenvalue weighted by Gasteiger charge is 2.24. The van der Waals surface area contributed by atoms with Crippen LogP contribution in [0.15, 0.2) is 41.1 Å². The van der Waals surface area contributed by atoms with Crippen molar-refractivity contribution >= 4 is 27.3 Å². The number of anilines is 2. The predicted molar refractivity (Wildman–Crippen MR) is 87.4 cm³/mol.